The number of nitro groups is 1. The molecular weight excluding hydrogens is 406 g/mol. The molecule has 1 unspecified atom stereocenters. The lowest BCUT2D eigenvalue weighted by Crippen LogP contribution is -1.97. The molecule has 0 radical (unpaired) electrons. The van der Waals surface area contributed by atoms with Gasteiger partial charge in [-0.3, -0.25) is 10.1 Å². The van der Waals surface area contributed by atoms with Gasteiger partial charge < -0.3 is 9.84 Å². The van der Waals surface area contributed by atoms with Gasteiger partial charge >= 0.3 is 5.69 Å². The van der Waals surface area contributed by atoms with E-state index in [4.69, 9.17) is 4.74 Å². The number of aliphatic hydroxyl groups is 1. The molecule has 110 valence electrons. The third-order valence-electron chi connectivity index (χ3n) is 2.78. The Balaban J connectivity index is 2.41. The summed E-state index contributed by atoms with van der Waals surface area (Å²) >= 11 is 6.66. The smallest absolute Gasteiger partial charge is 0.311 e. The van der Waals surface area contributed by atoms with Crippen LogP contribution in [0.3, 0.4) is 0 Å². The molecule has 0 aliphatic rings. The van der Waals surface area contributed by atoms with Crippen LogP contribution in [-0.2, 0) is 0 Å². The molecular formula is C14H11Br2NO4. The Labute approximate surface area is 138 Å². The zero-order chi connectivity index (χ0) is 15.6. The lowest BCUT2D eigenvalue weighted by atomic mass is 10.1. The summed E-state index contributed by atoms with van der Waals surface area (Å²) in [5.74, 6) is 0.582. The number of halogens is 2. The largest absolute Gasteiger partial charge is 0.449 e. The molecule has 0 bridgehead atoms. The van der Waals surface area contributed by atoms with E-state index in [0.717, 1.165) is 4.47 Å². The lowest BCUT2D eigenvalue weighted by molar-refractivity contribution is -0.385. The van der Waals surface area contributed by atoms with Crippen molar-refractivity contribution in [2.75, 3.05) is 0 Å². The molecule has 1 N–H and O–H groups in total. The topological polar surface area (TPSA) is 72.6 Å². The monoisotopic (exact) mass is 415 g/mol. The lowest BCUT2D eigenvalue weighted by Gasteiger charge is -2.10. The highest BCUT2D eigenvalue weighted by Crippen LogP contribution is 2.37. The Hall–Kier alpha value is -1.44. The molecule has 1 atom stereocenters. The van der Waals surface area contributed by atoms with Gasteiger partial charge in [0.1, 0.15) is 5.75 Å². The van der Waals surface area contributed by atoms with E-state index in [1.165, 1.54) is 12.1 Å². The maximum Gasteiger partial charge on any atom is 0.311 e. The molecule has 0 aromatic heterocycles. The van der Waals surface area contributed by atoms with Crippen molar-refractivity contribution in [3.05, 3.63) is 61.0 Å². The van der Waals surface area contributed by atoms with Crippen LogP contribution in [0.1, 0.15) is 18.6 Å². The van der Waals surface area contributed by atoms with Crippen LogP contribution in [0.5, 0.6) is 11.5 Å². The van der Waals surface area contributed by atoms with Crippen LogP contribution in [0.2, 0.25) is 0 Å². The number of hydrogen-bond acceptors (Lipinski definition) is 4. The molecule has 21 heavy (non-hydrogen) atoms. The summed E-state index contributed by atoms with van der Waals surface area (Å²) in [5, 5.41) is 20.7. The van der Waals surface area contributed by atoms with Gasteiger partial charge in [-0.2, -0.15) is 0 Å². The number of nitro benzene ring substituents is 1. The fourth-order valence-corrected chi connectivity index (χ4v) is 2.83. The minimum atomic E-state index is -0.780. The fourth-order valence-electron chi connectivity index (χ4n) is 1.70. The Morgan fingerprint density at radius 1 is 1.19 bits per heavy atom. The van der Waals surface area contributed by atoms with Crippen molar-refractivity contribution in [1.29, 1.82) is 0 Å². The first-order valence-electron chi connectivity index (χ1n) is 5.98. The molecule has 0 fully saturated rings. The molecule has 7 heteroatoms. The molecule has 0 heterocycles. The molecule has 0 saturated carbocycles. The number of benzene rings is 2. The predicted octanol–water partition coefficient (Wildman–Crippen LogP) is 4.97. The SMILES string of the molecule is CC(O)c1ccc(Oc2ccc(Br)cc2Br)c([N+](=O)[O-])c1. The summed E-state index contributed by atoms with van der Waals surface area (Å²) in [6, 6.07) is 9.64. The number of rotatable bonds is 4. The highest BCUT2D eigenvalue weighted by molar-refractivity contribution is 9.11. The maximum atomic E-state index is 11.2. The standard InChI is InChI=1S/C14H11Br2NO4/c1-8(18)9-2-4-14(12(6-9)17(19)20)21-13-5-3-10(15)7-11(13)16/h2-8,18H,1H3. The zero-order valence-corrected chi connectivity index (χ0v) is 14.1. The number of hydrogen-bond donors (Lipinski definition) is 1. The van der Waals surface area contributed by atoms with Crippen LogP contribution < -0.4 is 4.74 Å². The molecule has 2 aromatic carbocycles. The van der Waals surface area contributed by atoms with Crippen LogP contribution in [0.4, 0.5) is 5.69 Å². The average Bonchev–Trinajstić information content (AvgIpc) is 2.41. The van der Waals surface area contributed by atoms with Gasteiger partial charge in [0.05, 0.1) is 15.5 Å². The van der Waals surface area contributed by atoms with Gasteiger partial charge in [0.15, 0.2) is 0 Å². The van der Waals surface area contributed by atoms with Gasteiger partial charge in [-0.05, 0) is 52.7 Å². The van der Waals surface area contributed by atoms with Crippen molar-refractivity contribution in [1.82, 2.24) is 0 Å². The number of aliphatic hydroxyl groups excluding tert-OH is 1. The van der Waals surface area contributed by atoms with Gasteiger partial charge in [0.2, 0.25) is 5.75 Å². The van der Waals surface area contributed by atoms with Crippen molar-refractivity contribution in [3.63, 3.8) is 0 Å². The first-order chi connectivity index (χ1) is 9.88. The molecule has 0 aliphatic carbocycles. The molecule has 5 nitrogen and oxygen atoms in total. The Morgan fingerprint density at radius 3 is 2.43 bits per heavy atom. The van der Waals surface area contributed by atoms with E-state index < -0.39 is 11.0 Å². The van der Waals surface area contributed by atoms with Crippen molar-refractivity contribution < 1.29 is 14.8 Å². The van der Waals surface area contributed by atoms with E-state index in [2.05, 4.69) is 31.9 Å². The summed E-state index contributed by atoms with van der Waals surface area (Å²) in [4.78, 5) is 10.6. The van der Waals surface area contributed by atoms with Gasteiger partial charge in [-0.15, -0.1) is 0 Å². The second-order valence-corrected chi connectivity index (χ2v) is 6.11. The third-order valence-corrected chi connectivity index (χ3v) is 3.89. The molecule has 0 aliphatic heterocycles. The van der Waals surface area contributed by atoms with Gasteiger partial charge in [0.25, 0.3) is 0 Å². The maximum absolute atomic E-state index is 11.2. The molecule has 0 spiro atoms. The summed E-state index contributed by atoms with van der Waals surface area (Å²) in [7, 11) is 0. The number of nitrogens with zero attached hydrogens (tertiary/aromatic N) is 1. The van der Waals surface area contributed by atoms with Crippen LogP contribution >= 0.6 is 31.9 Å². The van der Waals surface area contributed by atoms with Gasteiger partial charge in [0, 0.05) is 10.5 Å². The summed E-state index contributed by atoms with van der Waals surface area (Å²) < 4.78 is 7.13. The zero-order valence-electron chi connectivity index (χ0n) is 10.9. The third kappa shape index (κ3) is 3.81. The van der Waals surface area contributed by atoms with E-state index in [-0.39, 0.29) is 11.4 Å². The number of ether oxygens (including phenoxy) is 1. The van der Waals surface area contributed by atoms with Crippen LogP contribution in [0.25, 0.3) is 0 Å². The fraction of sp³-hybridized carbons (Fsp3) is 0.143. The van der Waals surface area contributed by atoms with E-state index in [1.807, 2.05) is 0 Å². The first-order valence-corrected chi connectivity index (χ1v) is 7.56. The summed E-state index contributed by atoms with van der Waals surface area (Å²) in [5.41, 5.74) is 0.271. The minimum absolute atomic E-state index is 0.118. The van der Waals surface area contributed by atoms with Crippen molar-refractivity contribution >= 4 is 37.5 Å². The molecule has 0 amide bonds. The van der Waals surface area contributed by atoms with Gasteiger partial charge in [-0.25, -0.2) is 0 Å². The quantitative estimate of drug-likeness (QED) is 0.564. The molecule has 2 aromatic rings. The second-order valence-electron chi connectivity index (χ2n) is 4.34. The molecule has 0 saturated heterocycles. The second kappa shape index (κ2) is 6.55. The predicted molar refractivity (Wildman–Crippen MR) is 85.6 cm³/mol. The van der Waals surface area contributed by atoms with Crippen molar-refractivity contribution in [2.45, 2.75) is 13.0 Å². The highest BCUT2D eigenvalue weighted by Gasteiger charge is 2.19. The highest BCUT2D eigenvalue weighted by atomic mass is 79.9. The van der Waals surface area contributed by atoms with E-state index in [0.29, 0.717) is 15.8 Å². The Kier molecular flexibility index (Phi) is 4.97. The van der Waals surface area contributed by atoms with E-state index in [9.17, 15) is 15.2 Å². The Bertz CT molecular complexity index is 689. The molecule has 2 rings (SSSR count). The van der Waals surface area contributed by atoms with Crippen LogP contribution in [0, 0.1) is 10.1 Å². The van der Waals surface area contributed by atoms with Gasteiger partial charge in [-0.1, -0.05) is 22.0 Å². The van der Waals surface area contributed by atoms with Crippen molar-refractivity contribution in [3.8, 4) is 11.5 Å². The van der Waals surface area contributed by atoms with Crippen molar-refractivity contribution in [2.24, 2.45) is 0 Å². The summed E-state index contributed by atoms with van der Waals surface area (Å²) in [6.07, 6.45) is -0.780. The first kappa shape index (κ1) is 15.9. The average molecular weight is 417 g/mol. The summed E-state index contributed by atoms with van der Waals surface area (Å²) in [6.45, 7) is 1.55. The Morgan fingerprint density at radius 2 is 1.86 bits per heavy atom. The normalized spacial score (nSPS) is 12.0. The van der Waals surface area contributed by atoms with E-state index >= 15 is 0 Å². The minimum Gasteiger partial charge on any atom is -0.449 e. The van der Waals surface area contributed by atoms with Crippen LogP contribution in [0.15, 0.2) is 45.3 Å². The van der Waals surface area contributed by atoms with Crippen LogP contribution in [-0.4, -0.2) is 10.0 Å². The van der Waals surface area contributed by atoms with E-state index in [1.54, 1.807) is 31.2 Å².